The van der Waals surface area contributed by atoms with E-state index in [2.05, 4.69) is 9.97 Å². The number of quaternary nitrogens is 1. The Bertz CT molecular complexity index is 1630. The maximum Gasteiger partial charge on any atom is 0.346 e. The third-order valence-electron chi connectivity index (χ3n) is 10.7. The molecule has 3 rings (SSSR count). The van der Waals surface area contributed by atoms with E-state index in [1.807, 2.05) is 71.9 Å². The van der Waals surface area contributed by atoms with Gasteiger partial charge in [-0.2, -0.15) is 4.48 Å². The van der Waals surface area contributed by atoms with Crippen LogP contribution in [0.5, 0.6) is 0 Å². The molecule has 13 heteroatoms. The number of carbonyl (C=O) groups is 4. The van der Waals surface area contributed by atoms with Crippen LogP contribution in [-0.4, -0.2) is 85.8 Å². The van der Waals surface area contributed by atoms with Crippen LogP contribution in [0.25, 0.3) is 0 Å². The molecule has 1 aliphatic rings. The summed E-state index contributed by atoms with van der Waals surface area (Å²) in [5, 5.41) is 11.2. The average Bonchev–Trinajstić information content (AvgIpc) is 3.63. The predicted molar refractivity (Wildman–Crippen MR) is 206 cm³/mol. The topological polar surface area (TPSA) is 247 Å². The lowest BCUT2D eigenvalue weighted by Crippen LogP contribution is -2.71. The van der Waals surface area contributed by atoms with Crippen LogP contribution in [0.1, 0.15) is 79.0 Å². The number of aromatic amines is 1. The van der Waals surface area contributed by atoms with Crippen molar-refractivity contribution >= 4 is 23.4 Å². The van der Waals surface area contributed by atoms with Crippen molar-refractivity contribution < 1.29 is 28.8 Å². The van der Waals surface area contributed by atoms with E-state index in [0.29, 0.717) is 18.5 Å². The summed E-state index contributed by atoms with van der Waals surface area (Å²) in [4.78, 5) is 66.5. The molecule has 1 aliphatic heterocycles. The van der Waals surface area contributed by atoms with Crippen LogP contribution in [0.15, 0.2) is 65.8 Å². The van der Waals surface area contributed by atoms with Crippen LogP contribution in [0, 0.1) is 23.7 Å². The van der Waals surface area contributed by atoms with Gasteiger partial charge in [0.2, 0.25) is 0 Å². The van der Waals surface area contributed by atoms with Gasteiger partial charge in [-0.15, -0.1) is 0 Å². The Labute approximate surface area is 314 Å². The van der Waals surface area contributed by atoms with Crippen molar-refractivity contribution in [3.8, 4) is 0 Å². The first-order valence-electron chi connectivity index (χ1n) is 18.8. The number of H-pyrrole nitrogens is 1. The minimum absolute atomic E-state index is 0.0100. The molecule has 2 amide bonds. The number of amides is 2. The van der Waals surface area contributed by atoms with Gasteiger partial charge in [0.25, 0.3) is 0 Å². The number of rotatable bonds is 19. The Kier molecular flexibility index (Phi) is 15.3. The van der Waals surface area contributed by atoms with Crippen molar-refractivity contribution in [2.45, 2.75) is 110 Å². The van der Waals surface area contributed by atoms with Crippen molar-refractivity contribution in [3.05, 3.63) is 77.0 Å². The Morgan fingerprint density at radius 1 is 1.00 bits per heavy atom. The maximum absolute atomic E-state index is 15.1. The molecule has 0 saturated carbocycles. The molecule has 0 bridgehead atoms. The minimum atomic E-state index is -1.70. The van der Waals surface area contributed by atoms with Gasteiger partial charge in [0.15, 0.2) is 11.6 Å². The Morgan fingerprint density at radius 2 is 1.64 bits per heavy atom. The quantitative estimate of drug-likeness (QED) is 0.103. The number of aliphatic hydroxyl groups excluding tert-OH is 1. The van der Waals surface area contributed by atoms with E-state index in [1.54, 1.807) is 0 Å². The number of ketones is 2. The number of allylic oxidation sites excluding steroid dienone is 2. The summed E-state index contributed by atoms with van der Waals surface area (Å²) in [5.74, 6) is -3.56. The molecule has 2 aromatic rings. The van der Waals surface area contributed by atoms with Gasteiger partial charge in [0.1, 0.15) is 23.8 Å². The lowest BCUT2D eigenvalue weighted by Gasteiger charge is -2.43. The fourth-order valence-corrected chi connectivity index (χ4v) is 7.21. The molecule has 0 radical (unpaired) electrons. The van der Waals surface area contributed by atoms with Crippen LogP contribution in [0.4, 0.5) is 0 Å². The number of aromatic nitrogens is 2. The zero-order chi connectivity index (χ0) is 39.8. The molecule has 12 N–H and O–H groups in total. The third kappa shape index (κ3) is 10.1. The highest BCUT2D eigenvalue weighted by Gasteiger charge is 2.59. The van der Waals surface area contributed by atoms with E-state index in [9.17, 15) is 19.5 Å². The molecule has 2 heterocycles. The van der Waals surface area contributed by atoms with Gasteiger partial charge in [0, 0.05) is 48.3 Å². The zero-order valence-electron chi connectivity index (χ0n) is 32.5. The van der Waals surface area contributed by atoms with Crippen molar-refractivity contribution in [2.24, 2.45) is 52.3 Å². The predicted octanol–water partition coefficient (Wildman–Crippen LogP) is 2.17. The second kappa shape index (κ2) is 18.6. The molecule has 13 nitrogen and oxygen atoms in total. The lowest BCUT2D eigenvalue weighted by molar-refractivity contribution is -0.738. The minimum Gasteiger partial charge on any atom is -0.391 e. The second-order valence-corrected chi connectivity index (χ2v) is 15.9. The molecule has 292 valence electrons. The molecular formula is C40H63N8O5+. The van der Waals surface area contributed by atoms with Crippen molar-refractivity contribution in [1.29, 1.82) is 0 Å². The van der Waals surface area contributed by atoms with E-state index in [1.165, 1.54) is 25.5 Å². The number of aliphatic hydroxyl groups is 1. The van der Waals surface area contributed by atoms with Crippen LogP contribution in [0.2, 0.25) is 0 Å². The Balaban J connectivity index is 2.30. The van der Waals surface area contributed by atoms with E-state index < -0.39 is 70.1 Å². The number of nitrogens with one attached hydrogen (secondary N) is 1. The smallest absolute Gasteiger partial charge is 0.346 e. The monoisotopic (exact) mass is 735 g/mol. The normalized spacial score (nSPS) is 21.0. The van der Waals surface area contributed by atoms with Crippen molar-refractivity contribution in [1.82, 2.24) is 9.97 Å². The summed E-state index contributed by atoms with van der Waals surface area (Å²) in [6.45, 7) is 12.1. The van der Waals surface area contributed by atoms with Gasteiger partial charge >= 0.3 is 11.8 Å². The third-order valence-corrected chi connectivity index (χ3v) is 10.7. The molecular weight excluding hydrogens is 672 g/mol. The molecule has 1 aromatic carbocycles. The number of hydrogen-bond donors (Lipinski definition) is 7. The highest BCUT2D eigenvalue weighted by atomic mass is 16.3. The average molecular weight is 736 g/mol. The number of hydrogen-bond acceptors (Lipinski definition) is 11. The maximum atomic E-state index is 15.1. The molecule has 0 aliphatic carbocycles. The highest BCUT2D eigenvalue weighted by Crippen LogP contribution is 2.37. The first-order valence-corrected chi connectivity index (χ1v) is 18.8. The van der Waals surface area contributed by atoms with Gasteiger partial charge in [-0.25, -0.2) is 14.6 Å². The Hall–Kier alpha value is -3.69. The number of nitrogens with two attached hydrogens (primary N) is 5. The highest BCUT2D eigenvalue weighted by molar-refractivity contribution is 6.12. The zero-order valence-corrected chi connectivity index (χ0v) is 32.5. The van der Waals surface area contributed by atoms with E-state index in [4.69, 9.17) is 28.7 Å². The number of carbonyl (C=O) groups excluding carboxylic acids is 4. The number of Topliss-reactive ketones (excluding diaryl/α,β-unsaturated/α-hetero) is 2. The first kappa shape index (κ1) is 43.7. The van der Waals surface area contributed by atoms with Gasteiger partial charge in [-0.3, -0.25) is 9.59 Å². The SMILES string of the molecule is CC[C@H](C)[C@H](N)C(=O)C1=C(C(=O)C(CC(O)C(N)CC(C)C)C(C)C)C=C(CN)[N+](C(=O)[C@@H](N)Cc2ccccc2)(C(=O)[C@@](C)(N)Cc2cnc[nH]2)C1. The van der Waals surface area contributed by atoms with E-state index in [-0.39, 0.29) is 60.4 Å². The fraction of sp³-hybridized carbons (Fsp3) is 0.575. The van der Waals surface area contributed by atoms with Crippen LogP contribution >= 0.6 is 0 Å². The van der Waals surface area contributed by atoms with E-state index >= 15 is 4.79 Å². The largest absolute Gasteiger partial charge is 0.391 e. The Morgan fingerprint density at radius 3 is 2.17 bits per heavy atom. The number of imidazole rings is 1. The summed E-state index contributed by atoms with van der Waals surface area (Å²) in [7, 11) is 0. The van der Waals surface area contributed by atoms with Crippen LogP contribution < -0.4 is 28.7 Å². The fourth-order valence-electron chi connectivity index (χ4n) is 7.21. The number of nitrogens with zero attached hydrogens (tertiary/aromatic N) is 2. The molecule has 4 unspecified atom stereocenters. The molecule has 8 atom stereocenters. The molecule has 0 fully saturated rings. The van der Waals surface area contributed by atoms with Crippen molar-refractivity contribution in [3.63, 3.8) is 0 Å². The first-order chi connectivity index (χ1) is 24.8. The van der Waals surface area contributed by atoms with Crippen LogP contribution in [-0.2, 0) is 32.0 Å². The molecule has 0 spiro atoms. The molecule has 1 aromatic heterocycles. The van der Waals surface area contributed by atoms with E-state index in [0.717, 1.165) is 5.56 Å². The summed E-state index contributed by atoms with van der Waals surface area (Å²) >= 11 is 0. The summed E-state index contributed by atoms with van der Waals surface area (Å²) in [6.07, 6.45) is 4.61. The molecule has 53 heavy (non-hydrogen) atoms. The number of benzene rings is 1. The second-order valence-electron chi connectivity index (χ2n) is 15.9. The molecule has 0 saturated heterocycles. The van der Waals surface area contributed by atoms with Gasteiger partial charge < -0.3 is 38.8 Å². The van der Waals surface area contributed by atoms with Gasteiger partial charge in [-0.1, -0.05) is 78.3 Å². The summed E-state index contributed by atoms with van der Waals surface area (Å²) < 4.78 is -1.09. The standard InChI is InChI=1S/C40H63N8O5/c1-8-25(6)35(44)37(51)31-21-48(38(52)33(43)15-26-12-10-9-11-13-26,39(53)40(7,45)18-27-20-46-22-47-27)28(19-41)16-30(31)36(50)29(24(4)5)17-34(49)32(42)14-23(2)3/h9-13,16,20,22-25,29,32-35,49H,8,14-15,17-19,21,41-45H2,1-7H3,(H,46,47)/q+1/t25-,29?,32?,33-,34?,35-,40-,48?/m0/s1. The van der Waals surface area contributed by atoms with Gasteiger partial charge in [0.05, 0.1) is 30.6 Å². The van der Waals surface area contributed by atoms with Gasteiger partial charge in [-0.05, 0) is 43.1 Å². The number of imide groups is 1. The van der Waals surface area contributed by atoms with Crippen LogP contribution in [0.3, 0.4) is 0 Å². The lowest BCUT2D eigenvalue weighted by atomic mass is 9.77. The summed E-state index contributed by atoms with van der Waals surface area (Å²) in [6, 6.07) is 6.29. The summed E-state index contributed by atoms with van der Waals surface area (Å²) in [5.41, 5.74) is 32.5. The van der Waals surface area contributed by atoms with Crippen molar-refractivity contribution in [2.75, 3.05) is 13.1 Å².